The van der Waals surface area contributed by atoms with Crippen molar-refractivity contribution >= 4 is 5.91 Å². The van der Waals surface area contributed by atoms with Gasteiger partial charge in [0.05, 0.1) is 0 Å². The predicted octanol–water partition coefficient (Wildman–Crippen LogP) is 0.962. The van der Waals surface area contributed by atoms with Crippen molar-refractivity contribution in [3.05, 3.63) is 0 Å². The molecule has 1 unspecified atom stereocenters. The smallest absolute Gasteiger partial charge is 0.238 e. The fourth-order valence-corrected chi connectivity index (χ4v) is 2.87. The van der Waals surface area contributed by atoms with Crippen LogP contribution in [0.1, 0.15) is 39.5 Å². The molecule has 1 fully saturated rings. The number of hydrogen-bond acceptors (Lipinski definition) is 3. The normalized spacial score (nSPS) is 28.3. The van der Waals surface area contributed by atoms with Crippen molar-refractivity contribution in [2.75, 3.05) is 27.2 Å². The third kappa shape index (κ3) is 2.99. The van der Waals surface area contributed by atoms with E-state index in [0.29, 0.717) is 0 Å². The average Bonchev–Trinajstić information content (AvgIpc) is 2.19. The first-order valence-electron chi connectivity index (χ1n) is 6.51. The molecule has 0 spiro atoms. The number of nitrogens with one attached hydrogen (secondary N) is 1. The molecule has 0 aliphatic heterocycles. The summed E-state index contributed by atoms with van der Waals surface area (Å²) in [5, 5.41) is 3.44. The second-order valence-corrected chi connectivity index (χ2v) is 6.09. The van der Waals surface area contributed by atoms with Gasteiger partial charge in [-0.2, -0.15) is 0 Å². The second kappa shape index (κ2) is 5.36. The maximum absolute atomic E-state index is 11.9. The van der Waals surface area contributed by atoms with Gasteiger partial charge in [-0.25, -0.2) is 0 Å². The molecule has 4 heteroatoms. The summed E-state index contributed by atoms with van der Waals surface area (Å²) < 4.78 is 0. The summed E-state index contributed by atoms with van der Waals surface area (Å²) in [5.74, 6) is -0.194. The van der Waals surface area contributed by atoms with E-state index in [1.54, 1.807) is 0 Å². The lowest BCUT2D eigenvalue weighted by molar-refractivity contribution is -0.131. The van der Waals surface area contributed by atoms with E-state index in [0.717, 1.165) is 32.4 Å². The Bertz CT molecular complexity index is 276. The van der Waals surface area contributed by atoms with E-state index in [-0.39, 0.29) is 11.3 Å². The quantitative estimate of drug-likeness (QED) is 0.754. The molecule has 1 rings (SSSR count). The van der Waals surface area contributed by atoms with Crippen molar-refractivity contribution in [2.45, 2.75) is 45.1 Å². The molecular weight excluding hydrogens is 214 g/mol. The Morgan fingerprint density at radius 2 is 1.88 bits per heavy atom. The van der Waals surface area contributed by atoms with Crippen molar-refractivity contribution in [3.8, 4) is 0 Å². The van der Waals surface area contributed by atoms with Crippen LogP contribution < -0.4 is 11.1 Å². The lowest BCUT2D eigenvalue weighted by atomic mass is 9.62. The standard InChI is InChI=1S/C13H27N3O/c1-12(2)7-5-6-8-13(12,11(14)17)15-9-10-16(3)4/h15H,5-10H2,1-4H3,(H2,14,17). The van der Waals surface area contributed by atoms with Crippen molar-refractivity contribution in [2.24, 2.45) is 11.1 Å². The van der Waals surface area contributed by atoms with E-state index in [1.165, 1.54) is 6.42 Å². The maximum Gasteiger partial charge on any atom is 0.238 e. The molecule has 1 amide bonds. The number of rotatable bonds is 5. The SMILES string of the molecule is CN(C)CCNC1(C(N)=O)CCCCC1(C)C. The number of likely N-dealkylation sites (N-methyl/N-ethyl adjacent to an activating group) is 1. The highest BCUT2D eigenvalue weighted by Crippen LogP contribution is 2.43. The molecule has 17 heavy (non-hydrogen) atoms. The molecule has 3 N–H and O–H groups in total. The predicted molar refractivity (Wildman–Crippen MR) is 70.7 cm³/mol. The summed E-state index contributed by atoms with van der Waals surface area (Å²) in [7, 11) is 4.06. The van der Waals surface area contributed by atoms with Crippen LogP contribution in [0.4, 0.5) is 0 Å². The summed E-state index contributed by atoms with van der Waals surface area (Å²) in [6, 6.07) is 0. The maximum atomic E-state index is 11.9. The van der Waals surface area contributed by atoms with Gasteiger partial charge in [-0.15, -0.1) is 0 Å². The minimum atomic E-state index is -0.527. The highest BCUT2D eigenvalue weighted by molar-refractivity contribution is 5.85. The van der Waals surface area contributed by atoms with E-state index >= 15 is 0 Å². The van der Waals surface area contributed by atoms with Crippen LogP contribution >= 0.6 is 0 Å². The van der Waals surface area contributed by atoms with Crippen molar-refractivity contribution in [1.82, 2.24) is 10.2 Å². The van der Waals surface area contributed by atoms with E-state index in [4.69, 9.17) is 5.73 Å². The number of nitrogens with two attached hydrogens (primary N) is 1. The lowest BCUT2D eigenvalue weighted by Crippen LogP contribution is -2.66. The van der Waals surface area contributed by atoms with Gasteiger partial charge >= 0.3 is 0 Å². The fraction of sp³-hybridized carbons (Fsp3) is 0.923. The van der Waals surface area contributed by atoms with Gasteiger partial charge < -0.3 is 16.0 Å². The zero-order valence-electron chi connectivity index (χ0n) is 11.7. The zero-order chi connectivity index (χ0) is 13.1. The largest absolute Gasteiger partial charge is 0.368 e. The summed E-state index contributed by atoms with van der Waals surface area (Å²) in [5.41, 5.74) is 5.10. The van der Waals surface area contributed by atoms with Crippen LogP contribution in [0.3, 0.4) is 0 Å². The number of nitrogens with zero attached hydrogens (tertiary/aromatic N) is 1. The molecule has 4 nitrogen and oxygen atoms in total. The Hall–Kier alpha value is -0.610. The highest BCUT2D eigenvalue weighted by atomic mass is 16.1. The molecule has 0 bridgehead atoms. The molecule has 1 saturated carbocycles. The topological polar surface area (TPSA) is 58.4 Å². The van der Waals surface area contributed by atoms with Crippen LogP contribution in [-0.2, 0) is 4.79 Å². The number of hydrogen-bond donors (Lipinski definition) is 2. The zero-order valence-corrected chi connectivity index (χ0v) is 11.7. The average molecular weight is 241 g/mol. The van der Waals surface area contributed by atoms with Crippen LogP contribution in [0.25, 0.3) is 0 Å². The van der Waals surface area contributed by atoms with Gasteiger partial charge in [-0.1, -0.05) is 26.7 Å². The first kappa shape index (κ1) is 14.5. The first-order chi connectivity index (χ1) is 7.82. The fourth-order valence-electron chi connectivity index (χ4n) is 2.87. The van der Waals surface area contributed by atoms with Crippen molar-refractivity contribution in [1.29, 1.82) is 0 Å². The summed E-state index contributed by atoms with van der Waals surface area (Å²) in [6.07, 6.45) is 4.20. The van der Waals surface area contributed by atoms with Crippen molar-refractivity contribution in [3.63, 3.8) is 0 Å². The molecule has 1 atom stereocenters. The van der Waals surface area contributed by atoms with Gasteiger partial charge in [0.15, 0.2) is 0 Å². The Kier molecular flexibility index (Phi) is 4.55. The summed E-state index contributed by atoms with van der Waals surface area (Å²) >= 11 is 0. The monoisotopic (exact) mass is 241 g/mol. The third-order valence-electron chi connectivity index (χ3n) is 4.17. The minimum Gasteiger partial charge on any atom is -0.368 e. The number of primary amides is 1. The summed E-state index contributed by atoms with van der Waals surface area (Å²) in [4.78, 5) is 14.0. The van der Waals surface area contributed by atoms with E-state index in [2.05, 4.69) is 24.1 Å². The Morgan fingerprint density at radius 1 is 1.29 bits per heavy atom. The summed E-state index contributed by atoms with van der Waals surface area (Å²) in [6.45, 7) is 6.03. The number of carbonyl (C=O) groups is 1. The van der Waals surface area contributed by atoms with Gasteiger partial charge in [0.25, 0.3) is 0 Å². The number of amides is 1. The molecule has 0 aromatic heterocycles. The van der Waals surface area contributed by atoms with E-state index in [9.17, 15) is 4.79 Å². The molecule has 0 saturated heterocycles. The van der Waals surface area contributed by atoms with Crippen LogP contribution in [0, 0.1) is 5.41 Å². The van der Waals surface area contributed by atoms with Crippen LogP contribution in [0.15, 0.2) is 0 Å². The van der Waals surface area contributed by atoms with Crippen LogP contribution in [0.5, 0.6) is 0 Å². The molecular formula is C13H27N3O. The highest BCUT2D eigenvalue weighted by Gasteiger charge is 2.50. The van der Waals surface area contributed by atoms with Gasteiger partial charge in [-0.3, -0.25) is 4.79 Å². The minimum absolute atomic E-state index is 0.0522. The Labute approximate surface area is 105 Å². The molecule has 0 radical (unpaired) electrons. The van der Waals surface area contributed by atoms with E-state index in [1.807, 2.05) is 14.1 Å². The molecule has 0 heterocycles. The van der Waals surface area contributed by atoms with Crippen LogP contribution in [0.2, 0.25) is 0 Å². The molecule has 1 aliphatic rings. The molecule has 1 aliphatic carbocycles. The van der Waals surface area contributed by atoms with E-state index < -0.39 is 5.54 Å². The Morgan fingerprint density at radius 3 is 2.35 bits per heavy atom. The third-order valence-corrected chi connectivity index (χ3v) is 4.17. The lowest BCUT2D eigenvalue weighted by Gasteiger charge is -2.48. The Balaban J connectivity index is 2.77. The second-order valence-electron chi connectivity index (χ2n) is 6.09. The van der Waals surface area contributed by atoms with Gasteiger partial charge in [0.2, 0.25) is 5.91 Å². The van der Waals surface area contributed by atoms with Gasteiger partial charge in [0.1, 0.15) is 5.54 Å². The van der Waals surface area contributed by atoms with Crippen molar-refractivity contribution < 1.29 is 4.79 Å². The molecule has 0 aromatic carbocycles. The number of carbonyl (C=O) groups excluding carboxylic acids is 1. The van der Waals surface area contributed by atoms with Gasteiger partial charge in [-0.05, 0) is 32.4 Å². The van der Waals surface area contributed by atoms with Crippen LogP contribution in [-0.4, -0.2) is 43.5 Å². The molecule has 100 valence electrons. The first-order valence-corrected chi connectivity index (χ1v) is 6.51. The molecule has 0 aromatic rings. The van der Waals surface area contributed by atoms with Gasteiger partial charge in [0, 0.05) is 13.1 Å².